The van der Waals surface area contributed by atoms with Crippen molar-refractivity contribution in [3.05, 3.63) is 59.4 Å². The van der Waals surface area contributed by atoms with Crippen LogP contribution in [0.15, 0.2) is 42.5 Å². The molecule has 0 radical (unpaired) electrons. The molecule has 0 spiro atoms. The summed E-state index contributed by atoms with van der Waals surface area (Å²) in [7, 11) is 0. The molecule has 0 unspecified atom stereocenters. The number of nitrogen functional groups attached to an aromatic ring is 1. The lowest BCUT2D eigenvalue weighted by molar-refractivity contribution is 0.0951. The minimum atomic E-state index is -0.315. The standard InChI is InChI=1S/C24H32FN5O2/c1-24(2,3)28-23(32)30-12-4-11-29(13-14-30)21-10-9-19(26)15-20(21)22(31)27-16-17-5-7-18(25)8-6-17/h5-10,15H,4,11-14,16,26H2,1-3H3,(H,27,31)(H,28,32). The van der Waals surface area contributed by atoms with Gasteiger partial charge in [-0.05, 0) is 63.1 Å². The molecular formula is C24H32FN5O2. The molecule has 2 aromatic rings. The summed E-state index contributed by atoms with van der Waals surface area (Å²) >= 11 is 0. The van der Waals surface area contributed by atoms with Crippen molar-refractivity contribution < 1.29 is 14.0 Å². The summed E-state index contributed by atoms with van der Waals surface area (Å²) in [4.78, 5) is 29.5. The summed E-state index contributed by atoms with van der Waals surface area (Å²) in [6.45, 7) is 8.71. The molecule has 0 atom stereocenters. The van der Waals surface area contributed by atoms with Gasteiger partial charge in [-0.2, -0.15) is 0 Å². The van der Waals surface area contributed by atoms with Gasteiger partial charge in [0, 0.05) is 49.6 Å². The number of carbonyl (C=O) groups is 2. The van der Waals surface area contributed by atoms with E-state index >= 15 is 0 Å². The van der Waals surface area contributed by atoms with E-state index in [0.29, 0.717) is 30.9 Å². The SMILES string of the molecule is CC(C)(C)NC(=O)N1CCCN(c2ccc(N)cc2C(=O)NCc2ccc(F)cc2)CC1. The predicted octanol–water partition coefficient (Wildman–Crippen LogP) is 3.36. The number of hydrogen-bond acceptors (Lipinski definition) is 4. The van der Waals surface area contributed by atoms with Crippen molar-refractivity contribution >= 4 is 23.3 Å². The van der Waals surface area contributed by atoms with Crippen LogP contribution in [0, 0.1) is 5.82 Å². The number of amides is 3. The van der Waals surface area contributed by atoms with Gasteiger partial charge in [0.15, 0.2) is 0 Å². The topological polar surface area (TPSA) is 90.7 Å². The first-order valence-electron chi connectivity index (χ1n) is 10.9. The van der Waals surface area contributed by atoms with Crippen molar-refractivity contribution in [3.63, 3.8) is 0 Å². The van der Waals surface area contributed by atoms with Gasteiger partial charge >= 0.3 is 6.03 Å². The average molecular weight is 442 g/mol. The van der Waals surface area contributed by atoms with Crippen LogP contribution in [0.2, 0.25) is 0 Å². The van der Waals surface area contributed by atoms with Crippen molar-refractivity contribution in [2.45, 2.75) is 39.3 Å². The number of hydrogen-bond donors (Lipinski definition) is 3. The van der Waals surface area contributed by atoms with Gasteiger partial charge in [-0.3, -0.25) is 4.79 Å². The maximum atomic E-state index is 13.1. The van der Waals surface area contributed by atoms with Gasteiger partial charge in [0.05, 0.1) is 5.56 Å². The molecule has 1 fully saturated rings. The fourth-order valence-electron chi connectivity index (χ4n) is 3.65. The average Bonchev–Trinajstić information content (AvgIpc) is 2.98. The number of benzene rings is 2. The van der Waals surface area contributed by atoms with Crippen molar-refractivity contribution in [2.24, 2.45) is 0 Å². The fraction of sp³-hybridized carbons (Fsp3) is 0.417. The summed E-state index contributed by atoms with van der Waals surface area (Å²) in [5, 5.41) is 5.90. The molecule has 3 amide bonds. The monoisotopic (exact) mass is 441 g/mol. The highest BCUT2D eigenvalue weighted by Crippen LogP contribution is 2.25. The molecule has 32 heavy (non-hydrogen) atoms. The minimum absolute atomic E-state index is 0.0751. The number of nitrogens with zero attached hydrogens (tertiary/aromatic N) is 2. The van der Waals surface area contributed by atoms with Gasteiger partial charge in [-0.1, -0.05) is 12.1 Å². The summed E-state index contributed by atoms with van der Waals surface area (Å²) in [5.41, 5.74) is 8.25. The molecule has 3 rings (SSSR count). The van der Waals surface area contributed by atoms with E-state index in [9.17, 15) is 14.0 Å². The van der Waals surface area contributed by atoms with Gasteiger partial charge in [0.2, 0.25) is 0 Å². The van der Waals surface area contributed by atoms with E-state index in [1.54, 1.807) is 24.3 Å². The van der Waals surface area contributed by atoms with E-state index in [0.717, 1.165) is 24.2 Å². The van der Waals surface area contributed by atoms with Crippen molar-refractivity contribution in [3.8, 4) is 0 Å². The summed E-state index contributed by atoms with van der Waals surface area (Å²) < 4.78 is 13.1. The van der Waals surface area contributed by atoms with Crippen LogP contribution < -0.4 is 21.3 Å². The van der Waals surface area contributed by atoms with E-state index in [-0.39, 0.29) is 29.8 Å². The lowest BCUT2D eigenvalue weighted by Gasteiger charge is -2.28. The van der Waals surface area contributed by atoms with Crippen LogP contribution in [-0.2, 0) is 6.54 Å². The molecule has 1 saturated heterocycles. The second-order valence-corrected chi connectivity index (χ2v) is 9.09. The number of urea groups is 1. The maximum absolute atomic E-state index is 13.1. The number of carbonyl (C=O) groups excluding carboxylic acids is 2. The Bertz CT molecular complexity index is 956. The van der Waals surface area contributed by atoms with E-state index in [2.05, 4.69) is 15.5 Å². The van der Waals surface area contributed by atoms with Crippen LogP contribution in [0.4, 0.5) is 20.6 Å². The molecule has 0 bridgehead atoms. The fourth-order valence-corrected chi connectivity index (χ4v) is 3.65. The highest BCUT2D eigenvalue weighted by atomic mass is 19.1. The Balaban J connectivity index is 1.70. The second kappa shape index (κ2) is 9.89. The smallest absolute Gasteiger partial charge is 0.317 e. The largest absolute Gasteiger partial charge is 0.399 e. The molecule has 8 heteroatoms. The van der Waals surface area contributed by atoms with Crippen molar-refractivity contribution in [2.75, 3.05) is 36.8 Å². The summed E-state index contributed by atoms with van der Waals surface area (Å²) in [6, 6.07) is 11.2. The van der Waals surface area contributed by atoms with Crippen molar-refractivity contribution in [1.82, 2.24) is 15.5 Å². The van der Waals surface area contributed by atoms with Crippen LogP contribution in [0.5, 0.6) is 0 Å². The molecule has 1 heterocycles. The second-order valence-electron chi connectivity index (χ2n) is 9.09. The van der Waals surface area contributed by atoms with E-state index in [1.807, 2.05) is 31.7 Å². The lowest BCUT2D eigenvalue weighted by atomic mass is 10.1. The number of halogens is 1. The number of nitrogens with two attached hydrogens (primary N) is 1. The third-order valence-electron chi connectivity index (χ3n) is 5.24. The molecule has 7 nitrogen and oxygen atoms in total. The van der Waals surface area contributed by atoms with Crippen LogP contribution in [0.1, 0.15) is 43.1 Å². The Hall–Kier alpha value is -3.29. The van der Waals surface area contributed by atoms with E-state index in [1.165, 1.54) is 12.1 Å². The zero-order valence-electron chi connectivity index (χ0n) is 19.0. The molecule has 1 aliphatic heterocycles. The molecule has 2 aromatic carbocycles. The number of nitrogens with one attached hydrogen (secondary N) is 2. The first-order chi connectivity index (χ1) is 15.1. The van der Waals surface area contributed by atoms with Crippen LogP contribution in [0.25, 0.3) is 0 Å². The first kappa shape index (κ1) is 23.4. The van der Waals surface area contributed by atoms with Gasteiger partial charge in [0.25, 0.3) is 5.91 Å². The van der Waals surface area contributed by atoms with Gasteiger partial charge in [-0.15, -0.1) is 0 Å². The Morgan fingerprint density at radius 2 is 1.75 bits per heavy atom. The molecule has 0 saturated carbocycles. The molecule has 0 aromatic heterocycles. The van der Waals surface area contributed by atoms with Gasteiger partial charge in [0.1, 0.15) is 5.82 Å². The molecular weight excluding hydrogens is 409 g/mol. The Kier molecular flexibility index (Phi) is 7.22. The van der Waals surface area contributed by atoms with Crippen LogP contribution in [0.3, 0.4) is 0 Å². The third-order valence-corrected chi connectivity index (χ3v) is 5.24. The highest BCUT2D eigenvalue weighted by molar-refractivity contribution is 6.00. The van der Waals surface area contributed by atoms with E-state index < -0.39 is 0 Å². The Morgan fingerprint density at radius 1 is 1.03 bits per heavy atom. The van der Waals surface area contributed by atoms with Gasteiger partial charge < -0.3 is 26.2 Å². The Morgan fingerprint density at radius 3 is 2.44 bits per heavy atom. The first-order valence-corrected chi connectivity index (χ1v) is 10.9. The van der Waals surface area contributed by atoms with Crippen molar-refractivity contribution in [1.29, 1.82) is 0 Å². The molecule has 4 N–H and O–H groups in total. The predicted molar refractivity (Wildman–Crippen MR) is 125 cm³/mol. The summed E-state index contributed by atoms with van der Waals surface area (Å²) in [6.07, 6.45) is 0.790. The Labute approximate surface area is 188 Å². The number of rotatable bonds is 4. The van der Waals surface area contributed by atoms with Gasteiger partial charge in [-0.25, -0.2) is 9.18 Å². The lowest BCUT2D eigenvalue weighted by Crippen LogP contribution is -2.49. The highest BCUT2D eigenvalue weighted by Gasteiger charge is 2.24. The van der Waals surface area contributed by atoms with Crippen LogP contribution in [-0.4, -0.2) is 48.6 Å². The van der Waals surface area contributed by atoms with Crippen LogP contribution >= 0.6 is 0 Å². The minimum Gasteiger partial charge on any atom is -0.399 e. The molecule has 172 valence electrons. The third kappa shape index (κ3) is 6.35. The quantitative estimate of drug-likeness (QED) is 0.635. The zero-order valence-corrected chi connectivity index (χ0v) is 19.0. The molecule has 1 aliphatic rings. The maximum Gasteiger partial charge on any atom is 0.317 e. The summed E-state index contributed by atoms with van der Waals surface area (Å²) in [5.74, 6) is -0.562. The van der Waals surface area contributed by atoms with E-state index in [4.69, 9.17) is 5.73 Å². The zero-order chi connectivity index (χ0) is 23.3. The normalized spacial score (nSPS) is 14.6. The number of anilines is 2. The molecule has 0 aliphatic carbocycles.